The van der Waals surface area contributed by atoms with Crippen LogP contribution in [0.1, 0.15) is 10.4 Å². The van der Waals surface area contributed by atoms with Crippen molar-refractivity contribution in [3.63, 3.8) is 0 Å². The quantitative estimate of drug-likeness (QED) is 0.587. The Balaban J connectivity index is 1.77. The van der Waals surface area contributed by atoms with Crippen LogP contribution < -0.4 is 14.8 Å². The summed E-state index contributed by atoms with van der Waals surface area (Å²) in [6, 6.07) is 6.94. The van der Waals surface area contributed by atoms with Crippen LogP contribution in [-0.2, 0) is 0 Å². The minimum atomic E-state index is -0.277. The summed E-state index contributed by atoms with van der Waals surface area (Å²) in [6.07, 6.45) is 4.85. The van der Waals surface area contributed by atoms with E-state index in [0.29, 0.717) is 39.4 Å². The molecule has 0 unspecified atom stereocenters. The Morgan fingerprint density at radius 2 is 1.85 bits per heavy atom. The Hall–Kier alpha value is -3.68. The van der Waals surface area contributed by atoms with Crippen molar-refractivity contribution in [3.05, 3.63) is 48.4 Å². The number of H-pyrrole nitrogens is 1. The normalized spacial score (nSPS) is 10.8. The molecule has 4 aromatic heterocycles. The molecule has 130 valence electrons. The maximum atomic E-state index is 12.8. The monoisotopic (exact) mass is 349 g/mol. The number of nitrogens with zero attached hydrogens (tertiary/aromatic N) is 3. The molecule has 0 saturated heterocycles. The second-order valence-corrected chi connectivity index (χ2v) is 5.51. The molecule has 1 amide bonds. The van der Waals surface area contributed by atoms with Gasteiger partial charge in [0.05, 0.1) is 48.9 Å². The van der Waals surface area contributed by atoms with Gasteiger partial charge in [-0.2, -0.15) is 0 Å². The molecule has 4 heterocycles. The summed E-state index contributed by atoms with van der Waals surface area (Å²) in [5, 5.41) is 3.51. The summed E-state index contributed by atoms with van der Waals surface area (Å²) in [5.74, 6) is 0.655. The largest absolute Gasteiger partial charge is 0.481 e. The van der Waals surface area contributed by atoms with Gasteiger partial charge in [0.2, 0.25) is 11.8 Å². The standard InChI is InChI=1S/C18H15N5O3/c1-25-14-5-3-10(7-21-14)22-18(24)11-8-19-13-9-20-12-4-6-15(26-2)23-17(12)16(11)13/h3-9,19H,1-2H3,(H,22,24). The first-order chi connectivity index (χ1) is 12.7. The number of carbonyl (C=O) groups excluding carboxylic acids is 1. The maximum Gasteiger partial charge on any atom is 0.257 e. The average Bonchev–Trinajstić information content (AvgIpc) is 3.13. The van der Waals surface area contributed by atoms with Gasteiger partial charge in [-0.15, -0.1) is 0 Å². The van der Waals surface area contributed by atoms with E-state index in [-0.39, 0.29) is 5.91 Å². The predicted octanol–water partition coefficient (Wildman–Crippen LogP) is 2.78. The Bertz CT molecular complexity index is 1110. The van der Waals surface area contributed by atoms with E-state index in [1.165, 1.54) is 13.3 Å². The highest BCUT2D eigenvalue weighted by atomic mass is 16.5. The first kappa shape index (κ1) is 15.8. The Morgan fingerprint density at radius 3 is 2.58 bits per heavy atom. The molecule has 0 aromatic carbocycles. The van der Waals surface area contributed by atoms with Crippen LogP contribution in [0, 0.1) is 0 Å². The molecule has 0 fully saturated rings. The van der Waals surface area contributed by atoms with Gasteiger partial charge in [-0.25, -0.2) is 9.97 Å². The van der Waals surface area contributed by atoms with Crippen molar-refractivity contribution in [2.24, 2.45) is 0 Å². The number of nitrogens with one attached hydrogen (secondary N) is 2. The molecule has 8 nitrogen and oxygen atoms in total. The molecule has 0 aliphatic heterocycles. The van der Waals surface area contributed by atoms with Crippen LogP contribution in [0.25, 0.3) is 21.9 Å². The third kappa shape index (κ3) is 2.67. The number of aromatic amines is 1. The van der Waals surface area contributed by atoms with Crippen molar-refractivity contribution in [1.29, 1.82) is 0 Å². The Labute approximate surface area is 148 Å². The molecular weight excluding hydrogens is 334 g/mol. The molecule has 0 atom stereocenters. The zero-order valence-electron chi connectivity index (χ0n) is 14.1. The topological polar surface area (TPSA) is 102 Å². The Kier molecular flexibility index (Phi) is 3.85. The van der Waals surface area contributed by atoms with E-state index in [1.54, 1.807) is 37.7 Å². The lowest BCUT2D eigenvalue weighted by Gasteiger charge is -2.06. The van der Waals surface area contributed by atoms with E-state index in [1.807, 2.05) is 6.07 Å². The van der Waals surface area contributed by atoms with E-state index in [4.69, 9.17) is 9.47 Å². The number of methoxy groups -OCH3 is 2. The van der Waals surface area contributed by atoms with Crippen LogP contribution in [0.15, 0.2) is 42.9 Å². The number of amides is 1. The number of fused-ring (bicyclic) bond motifs is 3. The molecule has 26 heavy (non-hydrogen) atoms. The van der Waals surface area contributed by atoms with E-state index in [2.05, 4.69) is 25.3 Å². The summed E-state index contributed by atoms with van der Waals surface area (Å²) in [5.41, 5.74) is 3.02. The first-order valence-electron chi connectivity index (χ1n) is 7.82. The second-order valence-electron chi connectivity index (χ2n) is 5.51. The molecule has 2 N–H and O–H groups in total. The molecule has 0 aliphatic rings. The van der Waals surface area contributed by atoms with E-state index >= 15 is 0 Å². The Morgan fingerprint density at radius 1 is 1.04 bits per heavy atom. The third-order valence-electron chi connectivity index (χ3n) is 3.99. The van der Waals surface area contributed by atoms with Crippen molar-refractivity contribution < 1.29 is 14.3 Å². The fourth-order valence-corrected chi connectivity index (χ4v) is 2.72. The lowest BCUT2D eigenvalue weighted by molar-refractivity contribution is 0.102. The number of anilines is 1. The van der Waals surface area contributed by atoms with Crippen molar-refractivity contribution >= 4 is 33.5 Å². The van der Waals surface area contributed by atoms with E-state index < -0.39 is 0 Å². The fraction of sp³-hybridized carbons (Fsp3) is 0.111. The number of aromatic nitrogens is 4. The number of ether oxygens (including phenoxy) is 2. The van der Waals surface area contributed by atoms with Crippen LogP contribution in [0.4, 0.5) is 5.69 Å². The van der Waals surface area contributed by atoms with Gasteiger partial charge in [-0.1, -0.05) is 0 Å². The minimum absolute atomic E-state index is 0.277. The van der Waals surface area contributed by atoms with Crippen molar-refractivity contribution in [1.82, 2.24) is 19.9 Å². The molecular formula is C18H15N5O3. The van der Waals surface area contributed by atoms with Gasteiger partial charge in [-0.05, 0) is 12.1 Å². The van der Waals surface area contributed by atoms with Gasteiger partial charge in [0.25, 0.3) is 5.91 Å². The minimum Gasteiger partial charge on any atom is -0.481 e. The van der Waals surface area contributed by atoms with Gasteiger partial charge in [0.15, 0.2) is 0 Å². The molecule has 0 bridgehead atoms. The number of pyridine rings is 3. The molecule has 0 saturated carbocycles. The summed E-state index contributed by atoms with van der Waals surface area (Å²) >= 11 is 0. The number of rotatable bonds is 4. The SMILES string of the molecule is COc1ccc(NC(=O)c2c[nH]c3cnc4ccc(OC)nc4c23)cn1. The van der Waals surface area contributed by atoms with Crippen molar-refractivity contribution in [2.45, 2.75) is 0 Å². The lowest BCUT2D eigenvalue weighted by atomic mass is 10.1. The number of hydrogen-bond acceptors (Lipinski definition) is 6. The zero-order valence-corrected chi connectivity index (χ0v) is 14.1. The van der Waals surface area contributed by atoms with Crippen LogP contribution in [0.5, 0.6) is 11.8 Å². The lowest BCUT2D eigenvalue weighted by Crippen LogP contribution is -2.11. The van der Waals surface area contributed by atoms with Crippen LogP contribution in [0.3, 0.4) is 0 Å². The smallest absolute Gasteiger partial charge is 0.257 e. The van der Waals surface area contributed by atoms with Crippen molar-refractivity contribution in [2.75, 3.05) is 19.5 Å². The second kappa shape index (κ2) is 6.32. The van der Waals surface area contributed by atoms with E-state index in [0.717, 1.165) is 5.52 Å². The highest BCUT2D eigenvalue weighted by Crippen LogP contribution is 2.27. The van der Waals surface area contributed by atoms with Crippen LogP contribution in [-0.4, -0.2) is 40.1 Å². The van der Waals surface area contributed by atoms with Gasteiger partial charge in [-0.3, -0.25) is 9.78 Å². The molecule has 8 heteroatoms. The maximum absolute atomic E-state index is 12.8. The van der Waals surface area contributed by atoms with Crippen molar-refractivity contribution in [3.8, 4) is 11.8 Å². The molecule has 0 aliphatic carbocycles. The summed E-state index contributed by atoms with van der Waals surface area (Å²) < 4.78 is 10.2. The number of carbonyl (C=O) groups is 1. The fourth-order valence-electron chi connectivity index (χ4n) is 2.72. The van der Waals surface area contributed by atoms with Gasteiger partial charge >= 0.3 is 0 Å². The van der Waals surface area contributed by atoms with Crippen LogP contribution in [0.2, 0.25) is 0 Å². The van der Waals surface area contributed by atoms with Gasteiger partial charge < -0.3 is 19.8 Å². The highest BCUT2D eigenvalue weighted by Gasteiger charge is 2.17. The molecule has 4 rings (SSSR count). The molecule has 0 spiro atoms. The number of hydrogen-bond donors (Lipinski definition) is 2. The highest BCUT2D eigenvalue weighted by molar-refractivity contribution is 6.18. The summed E-state index contributed by atoms with van der Waals surface area (Å²) in [4.78, 5) is 28.7. The van der Waals surface area contributed by atoms with Gasteiger partial charge in [0.1, 0.15) is 5.52 Å². The average molecular weight is 349 g/mol. The summed E-state index contributed by atoms with van der Waals surface area (Å²) in [7, 11) is 3.08. The zero-order chi connectivity index (χ0) is 18.1. The van der Waals surface area contributed by atoms with Crippen LogP contribution >= 0.6 is 0 Å². The molecule has 4 aromatic rings. The third-order valence-corrected chi connectivity index (χ3v) is 3.99. The van der Waals surface area contributed by atoms with Gasteiger partial charge in [0, 0.05) is 23.7 Å². The van der Waals surface area contributed by atoms with E-state index in [9.17, 15) is 4.79 Å². The predicted molar refractivity (Wildman–Crippen MR) is 96.7 cm³/mol. The first-order valence-corrected chi connectivity index (χ1v) is 7.82. The summed E-state index contributed by atoms with van der Waals surface area (Å²) in [6.45, 7) is 0. The molecule has 0 radical (unpaired) electrons.